The Morgan fingerprint density at radius 3 is 2.88 bits per heavy atom. The molecule has 0 amide bonds. The van der Waals surface area contributed by atoms with Crippen molar-refractivity contribution in [1.29, 1.82) is 0 Å². The van der Waals surface area contributed by atoms with E-state index in [2.05, 4.69) is 19.1 Å². The Hall–Kier alpha value is -1.02. The molecular weight excluding hydrogens is 210 g/mol. The van der Waals surface area contributed by atoms with E-state index in [1.165, 1.54) is 24.8 Å². The van der Waals surface area contributed by atoms with Gasteiger partial charge in [-0.3, -0.25) is 0 Å². The second-order valence-corrected chi connectivity index (χ2v) is 5.23. The van der Waals surface area contributed by atoms with Crippen molar-refractivity contribution >= 4 is 0 Å². The first-order chi connectivity index (χ1) is 8.24. The maximum Gasteiger partial charge on any atom is 0.119 e. The second-order valence-electron chi connectivity index (χ2n) is 5.23. The van der Waals surface area contributed by atoms with Crippen LogP contribution in [0.4, 0.5) is 0 Å². The average Bonchev–Trinajstić information content (AvgIpc) is 3.10. The van der Waals surface area contributed by atoms with E-state index < -0.39 is 0 Å². The van der Waals surface area contributed by atoms with Crippen LogP contribution in [0.5, 0.6) is 5.75 Å². The van der Waals surface area contributed by atoms with Gasteiger partial charge in [0.1, 0.15) is 5.75 Å². The van der Waals surface area contributed by atoms with Gasteiger partial charge in [0.15, 0.2) is 0 Å². The van der Waals surface area contributed by atoms with Gasteiger partial charge in [-0.05, 0) is 49.8 Å². The van der Waals surface area contributed by atoms with E-state index in [1.807, 2.05) is 12.1 Å². The molecular formula is C15H23NO. The zero-order chi connectivity index (χ0) is 12.1. The first-order valence-corrected chi connectivity index (χ1v) is 6.69. The number of hydrogen-bond acceptors (Lipinski definition) is 2. The lowest BCUT2D eigenvalue weighted by Gasteiger charge is -2.12. The topological polar surface area (TPSA) is 35.2 Å². The molecule has 0 bridgehead atoms. The number of aryl methyl sites for hydroxylation is 1. The zero-order valence-corrected chi connectivity index (χ0v) is 10.7. The molecule has 94 valence electrons. The van der Waals surface area contributed by atoms with Crippen LogP contribution in [-0.4, -0.2) is 12.6 Å². The van der Waals surface area contributed by atoms with Gasteiger partial charge >= 0.3 is 0 Å². The molecule has 2 heteroatoms. The van der Waals surface area contributed by atoms with Crippen LogP contribution in [0.25, 0.3) is 0 Å². The standard InChI is InChI=1S/C15H23NO/c1-12-3-2-4-15(11-12)17-10-9-14(16)8-7-13-5-6-13/h2-4,11,13-14H,5-10,16H2,1H3. The summed E-state index contributed by atoms with van der Waals surface area (Å²) in [6.07, 6.45) is 6.27. The van der Waals surface area contributed by atoms with Crippen LogP contribution in [-0.2, 0) is 0 Å². The fraction of sp³-hybridized carbons (Fsp3) is 0.600. The minimum absolute atomic E-state index is 0.306. The van der Waals surface area contributed by atoms with Gasteiger partial charge in [-0.15, -0.1) is 0 Å². The van der Waals surface area contributed by atoms with Crippen molar-refractivity contribution in [3.8, 4) is 5.75 Å². The Bertz CT molecular complexity index is 347. The van der Waals surface area contributed by atoms with Gasteiger partial charge in [-0.1, -0.05) is 25.0 Å². The average molecular weight is 233 g/mol. The van der Waals surface area contributed by atoms with Gasteiger partial charge in [0, 0.05) is 6.04 Å². The van der Waals surface area contributed by atoms with Gasteiger partial charge in [0.2, 0.25) is 0 Å². The smallest absolute Gasteiger partial charge is 0.119 e. The lowest BCUT2D eigenvalue weighted by Crippen LogP contribution is -2.22. The lowest BCUT2D eigenvalue weighted by molar-refractivity contribution is 0.292. The Morgan fingerprint density at radius 1 is 1.35 bits per heavy atom. The van der Waals surface area contributed by atoms with E-state index in [4.69, 9.17) is 10.5 Å². The highest BCUT2D eigenvalue weighted by Gasteiger charge is 2.21. The van der Waals surface area contributed by atoms with Crippen LogP contribution in [0.15, 0.2) is 24.3 Å². The summed E-state index contributed by atoms with van der Waals surface area (Å²) in [6.45, 7) is 2.81. The molecule has 1 atom stereocenters. The number of ether oxygens (including phenoxy) is 1. The Balaban J connectivity index is 1.61. The first kappa shape index (κ1) is 12.4. The van der Waals surface area contributed by atoms with Crippen LogP contribution >= 0.6 is 0 Å². The normalized spacial score (nSPS) is 16.8. The first-order valence-electron chi connectivity index (χ1n) is 6.69. The third-order valence-corrected chi connectivity index (χ3v) is 3.39. The number of benzene rings is 1. The van der Waals surface area contributed by atoms with Gasteiger partial charge < -0.3 is 10.5 Å². The lowest BCUT2D eigenvalue weighted by atomic mass is 10.1. The molecule has 0 aliphatic heterocycles. The van der Waals surface area contributed by atoms with Gasteiger partial charge in [0.05, 0.1) is 6.61 Å². The molecule has 1 aliphatic rings. The summed E-state index contributed by atoms with van der Waals surface area (Å²) in [6, 6.07) is 8.48. The quantitative estimate of drug-likeness (QED) is 0.784. The van der Waals surface area contributed by atoms with E-state index in [1.54, 1.807) is 0 Å². The minimum atomic E-state index is 0.306. The molecule has 0 heterocycles. The third kappa shape index (κ3) is 4.78. The molecule has 0 radical (unpaired) electrons. The summed E-state index contributed by atoms with van der Waals surface area (Å²) < 4.78 is 5.70. The van der Waals surface area contributed by atoms with Crippen LogP contribution < -0.4 is 10.5 Å². The monoisotopic (exact) mass is 233 g/mol. The predicted molar refractivity (Wildman–Crippen MR) is 71.2 cm³/mol. The van der Waals surface area contributed by atoms with Crippen molar-refractivity contribution in [3.05, 3.63) is 29.8 Å². The Morgan fingerprint density at radius 2 is 2.18 bits per heavy atom. The van der Waals surface area contributed by atoms with Crippen molar-refractivity contribution in [2.75, 3.05) is 6.61 Å². The van der Waals surface area contributed by atoms with E-state index in [9.17, 15) is 0 Å². The molecule has 1 unspecified atom stereocenters. The fourth-order valence-corrected chi connectivity index (χ4v) is 2.03. The fourth-order valence-electron chi connectivity index (χ4n) is 2.03. The molecule has 2 N–H and O–H groups in total. The molecule has 1 aromatic carbocycles. The van der Waals surface area contributed by atoms with Crippen LogP contribution in [0.3, 0.4) is 0 Å². The number of nitrogens with two attached hydrogens (primary N) is 1. The molecule has 1 aromatic rings. The van der Waals surface area contributed by atoms with Crippen molar-refractivity contribution in [2.45, 2.75) is 45.1 Å². The van der Waals surface area contributed by atoms with E-state index in [0.29, 0.717) is 6.04 Å². The third-order valence-electron chi connectivity index (χ3n) is 3.39. The van der Waals surface area contributed by atoms with Crippen molar-refractivity contribution in [3.63, 3.8) is 0 Å². The van der Waals surface area contributed by atoms with Crippen molar-refractivity contribution in [2.24, 2.45) is 11.7 Å². The van der Waals surface area contributed by atoms with Gasteiger partial charge in [-0.2, -0.15) is 0 Å². The second kappa shape index (κ2) is 6.06. The Kier molecular flexibility index (Phi) is 4.43. The molecule has 1 saturated carbocycles. The maximum atomic E-state index is 6.06. The highest BCUT2D eigenvalue weighted by Crippen LogP contribution is 2.33. The van der Waals surface area contributed by atoms with Crippen LogP contribution in [0, 0.1) is 12.8 Å². The summed E-state index contributed by atoms with van der Waals surface area (Å²) in [5.41, 5.74) is 7.30. The van der Waals surface area contributed by atoms with Gasteiger partial charge in [0.25, 0.3) is 0 Å². The molecule has 1 aliphatic carbocycles. The molecule has 0 saturated heterocycles. The molecule has 0 aromatic heterocycles. The summed E-state index contributed by atoms with van der Waals surface area (Å²) >= 11 is 0. The number of rotatable bonds is 7. The van der Waals surface area contributed by atoms with Gasteiger partial charge in [-0.25, -0.2) is 0 Å². The number of hydrogen-bond donors (Lipinski definition) is 1. The van der Waals surface area contributed by atoms with Crippen LogP contribution in [0.2, 0.25) is 0 Å². The summed E-state index contributed by atoms with van der Waals surface area (Å²) in [7, 11) is 0. The predicted octanol–water partition coefficient (Wildman–Crippen LogP) is 3.28. The largest absolute Gasteiger partial charge is 0.494 e. The molecule has 2 nitrogen and oxygen atoms in total. The minimum Gasteiger partial charge on any atom is -0.494 e. The summed E-state index contributed by atoms with van der Waals surface area (Å²) in [4.78, 5) is 0. The van der Waals surface area contributed by atoms with Crippen LogP contribution in [0.1, 0.15) is 37.7 Å². The van der Waals surface area contributed by atoms with Crippen molar-refractivity contribution in [1.82, 2.24) is 0 Å². The summed E-state index contributed by atoms with van der Waals surface area (Å²) in [5, 5.41) is 0. The molecule has 17 heavy (non-hydrogen) atoms. The van der Waals surface area contributed by atoms with E-state index in [0.717, 1.165) is 31.1 Å². The van der Waals surface area contributed by atoms with Crippen molar-refractivity contribution < 1.29 is 4.74 Å². The Labute approximate surface area is 104 Å². The highest BCUT2D eigenvalue weighted by molar-refractivity contribution is 5.27. The molecule has 0 spiro atoms. The highest BCUT2D eigenvalue weighted by atomic mass is 16.5. The van der Waals surface area contributed by atoms with E-state index in [-0.39, 0.29) is 0 Å². The zero-order valence-electron chi connectivity index (χ0n) is 10.7. The molecule has 1 fully saturated rings. The van der Waals surface area contributed by atoms with E-state index >= 15 is 0 Å². The maximum absolute atomic E-state index is 6.06. The SMILES string of the molecule is Cc1cccc(OCCC(N)CCC2CC2)c1. The molecule has 2 rings (SSSR count). The summed E-state index contributed by atoms with van der Waals surface area (Å²) in [5.74, 6) is 1.94.